The Morgan fingerprint density at radius 3 is 2.05 bits per heavy atom. The zero-order valence-electron chi connectivity index (χ0n) is 20.5. The molecular formula is C31H28FN3O2. The van der Waals surface area contributed by atoms with Crippen LogP contribution < -0.4 is 0 Å². The summed E-state index contributed by atoms with van der Waals surface area (Å²) in [6, 6.07) is 31.3. The summed E-state index contributed by atoms with van der Waals surface area (Å²) in [5.74, 6) is -0.285. The average molecular weight is 494 g/mol. The van der Waals surface area contributed by atoms with E-state index in [0.717, 1.165) is 24.2 Å². The normalized spacial score (nSPS) is 14.5. The van der Waals surface area contributed by atoms with Gasteiger partial charge in [-0.2, -0.15) is 0 Å². The summed E-state index contributed by atoms with van der Waals surface area (Å²) in [6.45, 7) is 3.29. The van der Waals surface area contributed by atoms with Crippen LogP contribution in [-0.2, 0) is 6.54 Å². The molecule has 1 fully saturated rings. The largest absolute Gasteiger partial charge is 0.463 e. The van der Waals surface area contributed by atoms with Crippen molar-refractivity contribution in [2.45, 2.75) is 12.6 Å². The van der Waals surface area contributed by atoms with Gasteiger partial charge in [-0.25, -0.2) is 4.39 Å². The Balaban J connectivity index is 1.23. The summed E-state index contributed by atoms with van der Waals surface area (Å²) in [4.78, 5) is 18.1. The Hall–Kier alpha value is -4.16. The minimum absolute atomic E-state index is 0.0101. The summed E-state index contributed by atoms with van der Waals surface area (Å²) in [5.41, 5.74) is 5.56. The number of fused-ring (bicyclic) bond motifs is 1. The van der Waals surface area contributed by atoms with Crippen molar-refractivity contribution in [3.8, 4) is 0 Å². The molecule has 1 aliphatic rings. The summed E-state index contributed by atoms with van der Waals surface area (Å²) in [5, 5.41) is 0. The van der Waals surface area contributed by atoms with E-state index in [1.807, 2.05) is 33.7 Å². The first-order valence-corrected chi connectivity index (χ1v) is 12.6. The monoisotopic (exact) mass is 493 g/mol. The van der Waals surface area contributed by atoms with Crippen LogP contribution in [0.5, 0.6) is 0 Å². The third-order valence-electron chi connectivity index (χ3n) is 7.19. The molecule has 0 atom stereocenters. The van der Waals surface area contributed by atoms with Crippen LogP contribution in [0.2, 0.25) is 0 Å². The van der Waals surface area contributed by atoms with Gasteiger partial charge < -0.3 is 13.9 Å². The molecule has 1 aliphatic heterocycles. The maximum Gasteiger partial charge on any atom is 0.270 e. The van der Waals surface area contributed by atoms with E-state index in [0.29, 0.717) is 30.9 Å². The van der Waals surface area contributed by atoms with Crippen LogP contribution in [0.1, 0.15) is 33.2 Å². The van der Waals surface area contributed by atoms with E-state index >= 15 is 0 Å². The molecule has 1 amide bonds. The Bertz CT molecular complexity index is 1440. The molecule has 0 bridgehead atoms. The highest BCUT2D eigenvalue weighted by atomic mass is 19.1. The van der Waals surface area contributed by atoms with Crippen molar-refractivity contribution in [1.82, 2.24) is 14.4 Å². The predicted molar refractivity (Wildman–Crippen MR) is 142 cm³/mol. The average Bonchev–Trinajstić information content (AvgIpc) is 3.54. The van der Waals surface area contributed by atoms with E-state index < -0.39 is 0 Å². The first kappa shape index (κ1) is 23.3. The van der Waals surface area contributed by atoms with Crippen LogP contribution in [0.4, 0.5) is 4.39 Å². The number of benzene rings is 3. The SMILES string of the molecule is O=C(c1cc2occc2n1Cc1ccc(F)cc1)N1CCN(C(c2ccccc2)c2ccccc2)CC1. The number of furan rings is 1. The first-order valence-electron chi connectivity index (χ1n) is 12.6. The molecule has 0 spiro atoms. The maximum absolute atomic E-state index is 13.7. The Kier molecular flexibility index (Phi) is 6.33. The molecule has 0 unspecified atom stereocenters. The standard InChI is InChI=1S/C31H28FN3O2/c32-26-13-11-23(12-14-26)22-35-27-15-20-37-29(27)21-28(35)31(36)34-18-16-33(17-19-34)30(24-7-3-1-4-8-24)25-9-5-2-6-10-25/h1-15,20-21,30H,16-19,22H2. The van der Waals surface area contributed by atoms with Gasteiger partial charge in [-0.05, 0) is 28.8 Å². The van der Waals surface area contributed by atoms with Crippen LogP contribution in [0.15, 0.2) is 108 Å². The molecular weight excluding hydrogens is 465 g/mol. The molecule has 5 nitrogen and oxygen atoms in total. The number of piperazine rings is 1. The summed E-state index contributed by atoms with van der Waals surface area (Å²) >= 11 is 0. The fourth-order valence-corrected chi connectivity index (χ4v) is 5.33. The van der Waals surface area contributed by atoms with Gasteiger partial charge in [-0.15, -0.1) is 0 Å². The molecule has 0 radical (unpaired) electrons. The Morgan fingerprint density at radius 2 is 1.43 bits per heavy atom. The maximum atomic E-state index is 13.7. The molecule has 37 heavy (non-hydrogen) atoms. The second-order valence-corrected chi connectivity index (χ2v) is 9.46. The molecule has 0 aliphatic carbocycles. The molecule has 1 saturated heterocycles. The lowest BCUT2D eigenvalue weighted by atomic mass is 9.96. The predicted octanol–water partition coefficient (Wildman–Crippen LogP) is 5.97. The molecule has 6 rings (SSSR count). The fourth-order valence-electron chi connectivity index (χ4n) is 5.33. The third kappa shape index (κ3) is 4.68. The second-order valence-electron chi connectivity index (χ2n) is 9.46. The van der Waals surface area contributed by atoms with Gasteiger partial charge in [0.15, 0.2) is 5.58 Å². The third-order valence-corrected chi connectivity index (χ3v) is 7.19. The van der Waals surface area contributed by atoms with Gasteiger partial charge in [0.2, 0.25) is 0 Å². The summed E-state index contributed by atoms with van der Waals surface area (Å²) in [7, 11) is 0. The van der Waals surface area contributed by atoms with Crippen LogP contribution in [0.3, 0.4) is 0 Å². The Morgan fingerprint density at radius 1 is 0.811 bits per heavy atom. The molecule has 3 aromatic carbocycles. The Labute approximate surface area is 215 Å². The topological polar surface area (TPSA) is 41.6 Å². The van der Waals surface area contributed by atoms with Gasteiger partial charge in [-0.1, -0.05) is 72.8 Å². The highest BCUT2D eigenvalue weighted by molar-refractivity contribution is 5.97. The fraction of sp³-hybridized carbons (Fsp3) is 0.194. The quantitative estimate of drug-likeness (QED) is 0.293. The van der Waals surface area contributed by atoms with Crippen molar-refractivity contribution in [3.05, 3.63) is 132 Å². The molecule has 0 saturated carbocycles. The van der Waals surface area contributed by atoms with Gasteiger partial charge in [0.05, 0.1) is 17.8 Å². The zero-order chi connectivity index (χ0) is 25.2. The van der Waals surface area contributed by atoms with E-state index in [-0.39, 0.29) is 17.8 Å². The lowest BCUT2D eigenvalue weighted by Gasteiger charge is -2.39. The van der Waals surface area contributed by atoms with Crippen molar-refractivity contribution in [2.75, 3.05) is 26.2 Å². The van der Waals surface area contributed by atoms with E-state index in [9.17, 15) is 9.18 Å². The summed E-state index contributed by atoms with van der Waals surface area (Å²) in [6.07, 6.45) is 1.63. The van der Waals surface area contributed by atoms with Crippen molar-refractivity contribution < 1.29 is 13.6 Å². The minimum Gasteiger partial charge on any atom is -0.463 e. The van der Waals surface area contributed by atoms with E-state index in [1.54, 1.807) is 18.4 Å². The molecule has 2 aromatic heterocycles. The van der Waals surface area contributed by atoms with Crippen LogP contribution in [0.25, 0.3) is 11.1 Å². The van der Waals surface area contributed by atoms with Gasteiger partial charge in [0.25, 0.3) is 5.91 Å². The van der Waals surface area contributed by atoms with Gasteiger partial charge in [0.1, 0.15) is 11.5 Å². The van der Waals surface area contributed by atoms with E-state index in [2.05, 4.69) is 53.4 Å². The van der Waals surface area contributed by atoms with E-state index in [1.165, 1.54) is 23.3 Å². The van der Waals surface area contributed by atoms with Crippen molar-refractivity contribution in [3.63, 3.8) is 0 Å². The number of halogens is 1. The highest BCUT2D eigenvalue weighted by Crippen LogP contribution is 2.30. The van der Waals surface area contributed by atoms with Crippen LogP contribution in [0, 0.1) is 5.82 Å². The molecule has 5 aromatic rings. The number of amides is 1. The van der Waals surface area contributed by atoms with Gasteiger partial charge in [-0.3, -0.25) is 9.69 Å². The van der Waals surface area contributed by atoms with Crippen molar-refractivity contribution in [2.24, 2.45) is 0 Å². The van der Waals surface area contributed by atoms with Gasteiger partial charge >= 0.3 is 0 Å². The van der Waals surface area contributed by atoms with Crippen LogP contribution in [-0.4, -0.2) is 46.5 Å². The van der Waals surface area contributed by atoms with Crippen LogP contribution >= 0.6 is 0 Å². The number of aromatic nitrogens is 1. The van der Waals surface area contributed by atoms with Crippen molar-refractivity contribution >= 4 is 17.0 Å². The summed E-state index contributed by atoms with van der Waals surface area (Å²) < 4.78 is 21.0. The number of hydrogen-bond acceptors (Lipinski definition) is 3. The number of rotatable bonds is 6. The number of carbonyl (C=O) groups is 1. The lowest BCUT2D eigenvalue weighted by molar-refractivity contribution is 0.0588. The van der Waals surface area contributed by atoms with E-state index in [4.69, 9.17) is 4.42 Å². The first-order chi connectivity index (χ1) is 18.2. The second kappa shape index (κ2) is 10.1. The molecule has 0 N–H and O–H groups in total. The zero-order valence-corrected chi connectivity index (χ0v) is 20.5. The minimum atomic E-state index is -0.275. The number of carbonyl (C=O) groups excluding carboxylic acids is 1. The van der Waals surface area contributed by atoms with Gasteiger partial charge in [0, 0.05) is 44.9 Å². The smallest absolute Gasteiger partial charge is 0.270 e. The molecule has 3 heterocycles. The number of nitrogens with zero attached hydrogens (tertiary/aromatic N) is 3. The van der Waals surface area contributed by atoms with Crippen molar-refractivity contribution in [1.29, 1.82) is 0 Å². The highest BCUT2D eigenvalue weighted by Gasteiger charge is 2.30. The molecule has 186 valence electrons. The number of hydrogen-bond donors (Lipinski definition) is 0. The lowest BCUT2D eigenvalue weighted by Crippen LogP contribution is -2.50. The molecule has 6 heteroatoms.